The monoisotopic (exact) mass is 473 g/mol. The topological polar surface area (TPSA) is 118 Å². The molecule has 4 aromatic heterocycles. The highest BCUT2D eigenvalue weighted by Crippen LogP contribution is 2.38. The maximum absolute atomic E-state index is 12.5. The molecule has 0 bridgehead atoms. The van der Waals surface area contributed by atoms with Crippen molar-refractivity contribution in [2.75, 3.05) is 23.3 Å². The first-order chi connectivity index (χ1) is 16.9. The molecule has 5 heterocycles. The molecule has 10 heteroatoms. The lowest BCUT2D eigenvalue weighted by Crippen LogP contribution is -2.45. The van der Waals surface area contributed by atoms with Crippen molar-refractivity contribution in [1.29, 1.82) is 0 Å². The molecule has 0 radical (unpaired) electrons. The summed E-state index contributed by atoms with van der Waals surface area (Å²) < 4.78 is 7.61. The summed E-state index contributed by atoms with van der Waals surface area (Å²) in [5, 5.41) is 8.64. The zero-order chi connectivity index (χ0) is 24.3. The van der Waals surface area contributed by atoms with Crippen LogP contribution in [0.4, 0.5) is 11.5 Å². The van der Waals surface area contributed by atoms with Gasteiger partial charge in [0, 0.05) is 42.4 Å². The van der Waals surface area contributed by atoms with E-state index in [0.29, 0.717) is 39.5 Å². The molecule has 1 aliphatic carbocycles. The van der Waals surface area contributed by atoms with Crippen molar-refractivity contribution in [3.63, 3.8) is 0 Å². The Kier molecular flexibility index (Phi) is 5.06. The van der Waals surface area contributed by atoms with Crippen molar-refractivity contribution >= 4 is 33.8 Å². The fraction of sp³-hybridized carbons (Fsp3) is 0.400. The highest BCUT2D eigenvalue weighted by molar-refractivity contribution is 5.99. The zero-order valence-corrected chi connectivity index (χ0v) is 19.9. The molecule has 4 aromatic rings. The minimum absolute atomic E-state index is 0.0258. The molecule has 6 rings (SSSR count). The summed E-state index contributed by atoms with van der Waals surface area (Å²) in [5.41, 5.74) is 2.15. The average molecular weight is 474 g/mol. The molecule has 1 saturated heterocycles. The second-order valence-corrected chi connectivity index (χ2v) is 9.74. The van der Waals surface area contributed by atoms with Crippen LogP contribution >= 0.6 is 0 Å². The molecule has 2 aliphatic rings. The van der Waals surface area contributed by atoms with E-state index in [4.69, 9.17) is 14.8 Å². The van der Waals surface area contributed by atoms with Gasteiger partial charge >= 0.3 is 0 Å². The lowest BCUT2D eigenvalue weighted by Gasteiger charge is -2.36. The number of ether oxygens (including phenoxy) is 1. The first kappa shape index (κ1) is 21.7. The number of fused-ring (bicyclic) bond motifs is 2. The maximum atomic E-state index is 12.5. The van der Waals surface area contributed by atoms with E-state index in [0.717, 1.165) is 25.2 Å². The van der Waals surface area contributed by atoms with Gasteiger partial charge in [0.15, 0.2) is 11.5 Å². The van der Waals surface area contributed by atoms with Gasteiger partial charge in [0.2, 0.25) is 5.91 Å². The molecule has 10 nitrogen and oxygen atoms in total. The number of morpholine rings is 1. The minimum atomic E-state index is -0.258. The van der Waals surface area contributed by atoms with Crippen LogP contribution < -0.4 is 15.8 Å². The molecule has 1 amide bonds. The van der Waals surface area contributed by atoms with Crippen molar-refractivity contribution in [2.24, 2.45) is 11.8 Å². The predicted molar refractivity (Wildman–Crippen MR) is 132 cm³/mol. The smallest absolute Gasteiger partial charge is 0.257 e. The van der Waals surface area contributed by atoms with Crippen LogP contribution in [0.3, 0.4) is 0 Å². The van der Waals surface area contributed by atoms with Crippen LogP contribution in [0.1, 0.15) is 27.2 Å². The third kappa shape index (κ3) is 4.03. The largest absolute Gasteiger partial charge is 0.372 e. The van der Waals surface area contributed by atoms with Crippen molar-refractivity contribution in [1.82, 2.24) is 24.6 Å². The average Bonchev–Trinajstić information content (AvgIpc) is 3.41. The molecule has 2 N–H and O–H groups in total. The molecule has 35 heavy (non-hydrogen) atoms. The van der Waals surface area contributed by atoms with Crippen LogP contribution in [0.25, 0.3) is 27.8 Å². The number of anilines is 2. The molecule has 4 atom stereocenters. The summed E-state index contributed by atoms with van der Waals surface area (Å²) in [4.78, 5) is 38.9. The Balaban J connectivity index is 1.37. The van der Waals surface area contributed by atoms with E-state index < -0.39 is 0 Å². The fourth-order valence-corrected chi connectivity index (χ4v) is 4.87. The normalized spacial score (nSPS) is 24.1. The van der Waals surface area contributed by atoms with E-state index >= 15 is 0 Å². The van der Waals surface area contributed by atoms with Crippen LogP contribution in [-0.4, -0.2) is 55.8 Å². The SMILES string of the molecule is C[C@@H]1CN(c2ccc3nc(-c4c[nH]c(=O)c5cnc(NC(=O)[C@H]6C[C@H]6C)cc45)nn3c2)C[C@H](C)O1. The van der Waals surface area contributed by atoms with E-state index in [1.807, 2.05) is 18.3 Å². The zero-order valence-electron chi connectivity index (χ0n) is 19.9. The van der Waals surface area contributed by atoms with Crippen molar-refractivity contribution in [3.8, 4) is 11.4 Å². The molecular weight excluding hydrogens is 446 g/mol. The Bertz CT molecular complexity index is 1500. The first-order valence-electron chi connectivity index (χ1n) is 11.9. The van der Waals surface area contributed by atoms with Crippen LogP contribution in [0.2, 0.25) is 0 Å². The second-order valence-electron chi connectivity index (χ2n) is 9.74. The number of rotatable bonds is 4. The lowest BCUT2D eigenvalue weighted by atomic mass is 10.1. The first-order valence-corrected chi connectivity index (χ1v) is 11.9. The van der Waals surface area contributed by atoms with Crippen molar-refractivity contribution in [3.05, 3.63) is 47.1 Å². The molecule has 0 spiro atoms. The molecule has 1 aliphatic heterocycles. The number of H-pyrrole nitrogens is 1. The Morgan fingerprint density at radius 2 is 1.94 bits per heavy atom. The third-order valence-electron chi connectivity index (χ3n) is 6.82. The standard InChI is InChI=1S/C25H27N7O3/c1-13-6-17(13)25(34)28-21-7-18-19(8-27-24(33)20(18)9-26-21)23-29-22-5-4-16(12-32(22)30-23)31-10-14(2)35-15(3)11-31/h4-5,7-9,12-15,17H,6,10-11H2,1-3H3,(H,27,33)(H,26,28,34)/t13-,14-,15+,17+/m1/s1. The van der Waals surface area contributed by atoms with Crippen LogP contribution in [0.15, 0.2) is 41.6 Å². The van der Waals surface area contributed by atoms with Crippen molar-refractivity contribution in [2.45, 2.75) is 39.4 Å². The summed E-state index contributed by atoms with van der Waals surface area (Å²) in [6, 6.07) is 5.70. The van der Waals surface area contributed by atoms with Crippen LogP contribution in [0.5, 0.6) is 0 Å². The Morgan fingerprint density at radius 1 is 1.17 bits per heavy atom. The van der Waals surface area contributed by atoms with E-state index in [9.17, 15) is 9.59 Å². The molecule has 0 unspecified atom stereocenters. The quantitative estimate of drug-likeness (QED) is 0.468. The Morgan fingerprint density at radius 3 is 2.69 bits per heavy atom. The maximum Gasteiger partial charge on any atom is 0.257 e. The third-order valence-corrected chi connectivity index (χ3v) is 6.82. The van der Waals surface area contributed by atoms with E-state index in [2.05, 4.69) is 41.0 Å². The van der Waals surface area contributed by atoms with Gasteiger partial charge < -0.3 is 19.9 Å². The molecule has 1 saturated carbocycles. The number of hydrogen-bond donors (Lipinski definition) is 2. The molecule has 0 aromatic carbocycles. The van der Waals surface area contributed by atoms with Gasteiger partial charge in [-0.15, -0.1) is 5.10 Å². The van der Waals surface area contributed by atoms with Crippen LogP contribution in [0, 0.1) is 11.8 Å². The highest BCUT2D eigenvalue weighted by Gasteiger charge is 2.39. The fourth-order valence-electron chi connectivity index (χ4n) is 4.87. The highest BCUT2D eigenvalue weighted by atomic mass is 16.5. The predicted octanol–water partition coefficient (Wildman–Crippen LogP) is 2.84. The summed E-state index contributed by atoms with van der Waals surface area (Å²) in [7, 11) is 0. The number of carbonyl (C=O) groups excluding carboxylic acids is 1. The number of nitrogens with zero attached hydrogens (tertiary/aromatic N) is 5. The van der Waals surface area contributed by atoms with Gasteiger partial charge in [0.05, 0.1) is 29.5 Å². The van der Waals surface area contributed by atoms with E-state index in [1.165, 1.54) is 6.20 Å². The lowest BCUT2D eigenvalue weighted by molar-refractivity contribution is -0.117. The van der Waals surface area contributed by atoms with Crippen molar-refractivity contribution < 1.29 is 9.53 Å². The number of aromatic nitrogens is 5. The Labute approximate surface area is 201 Å². The number of pyridine rings is 3. The number of aromatic amines is 1. The van der Waals surface area contributed by atoms with Gasteiger partial charge in [-0.25, -0.2) is 14.5 Å². The van der Waals surface area contributed by atoms with Gasteiger partial charge in [0.1, 0.15) is 5.82 Å². The minimum Gasteiger partial charge on any atom is -0.372 e. The van der Waals surface area contributed by atoms with Gasteiger partial charge in [0.25, 0.3) is 5.56 Å². The van der Waals surface area contributed by atoms with Gasteiger partial charge in [-0.05, 0) is 44.4 Å². The van der Waals surface area contributed by atoms with Gasteiger partial charge in [-0.1, -0.05) is 6.92 Å². The molecular formula is C25H27N7O3. The molecule has 180 valence electrons. The number of nitrogens with one attached hydrogen (secondary N) is 2. The summed E-state index contributed by atoms with van der Waals surface area (Å²) in [6.07, 6.45) is 6.26. The number of carbonyl (C=O) groups is 1. The number of amides is 1. The number of hydrogen-bond acceptors (Lipinski definition) is 7. The van der Waals surface area contributed by atoms with Gasteiger partial charge in [-0.2, -0.15) is 0 Å². The van der Waals surface area contributed by atoms with Gasteiger partial charge in [-0.3, -0.25) is 9.59 Å². The second kappa shape index (κ2) is 8.16. The summed E-state index contributed by atoms with van der Waals surface area (Å²) in [5.74, 6) is 1.27. The summed E-state index contributed by atoms with van der Waals surface area (Å²) >= 11 is 0. The van der Waals surface area contributed by atoms with E-state index in [1.54, 1.807) is 16.8 Å². The Hall–Kier alpha value is -3.79. The van der Waals surface area contributed by atoms with Crippen LogP contribution in [-0.2, 0) is 9.53 Å². The molecule has 2 fully saturated rings. The van der Waals surface area contributed by atoms with E-state index in [-0.39, 0.29) is 29.6 Å². The summed E-state index contributed by atoms with van der Waals surface area (Å²) in [6.45, 7) is 7.82.